The van der Waals surface area contributed by atoms with Crippen LogP contribution in [0.5, 0.6) is 0 Å². The molecule has 0 bridgehead atoms. The van der Waals surface area contributed by atoms with Crippen molar-refractivity contribution in [3.8, 4) is 0 Å². The molecule has 1 aliphatic heterocycles. The zero-order valence-corrected chi connectivity index (χ0v) is 12.2. The third kappa shape index (κ3) is 4.05. The summed E-state index contributed by atoms with van der Waals surface area (Å²) in [5.74, 6) is -0.147. The number of benzene rings is 1. The van der Waals surface area contributed by atoms with E-state index in [-0.39, 0.29) is 17.3 Å². The number of rotatable bonds is 4. The van der Waals surface area contributed by atoms with Gasteiger partial charge in [-0.05, 0) is 25.0 Å². The lowest BCUT2D eigenvalue weighted by Gasteiger charge is -2.20. The van der Waals surface area contributed by atoms with Gasteiger partial charge < -0.3 is 4.90 Å². The predicted octanol–water partition coefficient (Wildman–Crippen LogP) is 1.37. The molecule has 1 aromatic rings. The Balaban J connectivity index is 1.92. The Bertz CT molecular complexity index is 535. The minimum Gasteiger partial charge on any atom is -0.342 e. The molecule has 2 rings (SSSR count). The molecule has 0 radical (unpaired) electrons. The Kier molecular flexibility index (Phi) is 5.14. The van der Waals surface area contributed by atoms with Crippen molar-refractivity contribution in [1.29, 1.82) is 0 Å². The molecule has 0 atom stereocenters. The molecule has 1 N–H and O–H groups in total. The quantitative estimate of drug-likeness (QED) is 0.912. The number of carbonyl (C=O) groups is 1. The molecule has 0 unspecified atom stereocenters. The first-order valence-electron chi connectivity index (χ1n) is 6.92. The molecule has 110 valence electrons. The van der Waals surface area contributed by atoms with Gasteiger partial charge in [-0.1, -0.05) is 31.0 Å². The summed E-state index contributed by atoms with van der Waals surface area (Å²) in [4.78, 5) is 14.0. The smallest absolute Gasteiger partial charge is 0.241 e. The highest BCUT2D eigenvalue weighted by Crippen LogP contribution is 2.10. The van der Waals surface area contributed by atoms with Crippen LogP contribution in [-0.2, 0) is 14.8 Å². The maximum absolute atomic E-state index is 12.0. The molecule has 5 nitrogen and oxygen atoms in total. The van der Waals surface area contributed by atoms with Gasteiger partial charge in [-0.2, -0.15) is 0 Å². The van der Waals surface area contributed by atoms with E-state index in [1.54, 1.807) is 23.1 Å². The van der Waals surface area contributed by atoms with E-state index in [0.717, 1.165) is 38.8 Å². The summed E-state index contributed by atoms with van der Waals surface area (Å²) in [6, 6.07) is 8.09. The SMILES string of the molecule is O=C(CNS(=O)(=O)c1ccccc1)N1CCCCCC1. The van der Waals surface area contributed by atoms with E-state index in [1.807, 2.05) is 0 Å². The highest BCUT2D eigenvalue weighted by molar-refractivity contribution is 7.89. The Morgan fingerprint density at radius 1 is 1.05 bits per heavy atom. The number of carbonyl (C=O) groups excluding carboxylic acids is 1. The van der Waals surface area contributed by atoms with Crippen molar-refractivity contribution in [2.75, 3.05) is 19.6 Å². The summed E-state index contributed by atoms with van der Waals surface area (Å²) in [7, 11) is -3.60. The highest BCUT2D eigenvalue weighted by Gasteiger charge is 2.19. The monoisotopic (exact) mass is 296 g/mol. The maximum Gasteiger partial charge on any atom is 0.241 e. The third-order valence-electron chi connectivity index (χ3n) is 3.43. The molecule has 1 saturated heterocycles. The number of amides is 1. The number of sulfonamides is 1. The Morgan fingerprint density at radius 3 is 2.25 bits per heavy atom. The van der Waals surface area contributed by atoms with Crippen molar-refractivity contribution >= 4 is 15.9 Å². The van der Waals surface area contributed by atoms with Gasteiger partial charge in [-0.25, -0.2) is 13.1 Å². The average molecular weight is 296 g/mol. The van der Waals surface area contributed by atoms with E-state index in [0.29, 0.717) is 0 Å². The van der Waals surface area contributed by atoms with Crippen LogP contribution in [0.4, 0.5) is 0 Å². The topological polar surface area (TPSA) is 66.5 Å². The van der Waals surface area contributed by atoms with Crippen LogP contribution in [-0.4, -0.2) is 38.9 Å². The second-order valence-corrected chi connectivity index (χ2v) is 6.70. The molecule has 1 amide bonds. The van der Waals surface area contributed by atoms with Crippen LogP contribution >= 0.6 is 0 Å². The molecule has 1 fully saturated rings. The molecule has 20 heavy (non-hydrogen) atoms. The predicted molar refractivity (Wildman–Crippen MR) is 76.7 cm³/mol. The summed E-state index contributed by atoms with van der Waals surface area (Å²) in [6.07, 6.45) is 4.27. The second kappa shape index (κ2) is 6.85. The Morgan fingerprint density at radius 2 is 1.65 bits per heavy atom. The Hall–Kier alpha value is -1.40. The van der Waals surface area contributed by atoms with Gasteiger partial charge in [0.05, 0.1) is 11.4 Å². The Labute approximate surface area is 120 Å². The normalized spacial score (nSPS) is 16.7. The molecule has 0 aliphatic carbocycles. The van der Waals surface area contributed by atoms with Gasteiger partial charge in [0, 0.05) is 13.1 Å². The van der Waals surface area contributed by atoms with Gasteiger partial charge in [-0.3, -0.25) is 4.79 Å². The van der Waals surface area contributed by atoms with Crippen molar-refractivity contribution in [1.82, 2.24) is 9.62 Å². The molecule has 0 aromatic heterocycles. The lowest BCUT2D eigenvalue weighted by atomic mass is 10.2. The fourth-order valence-corrected chi connectivity index (χ4v) is 3.27. The minimum atomic E-state index is -3.60. The van der Waals surface area contributed by atoms with E-state index in [9.17, 15) is 13.2 Å². The first-order chi connectivity index (χ1) is 9.59. The van der Waals surface area contributed by atoms with Gasteiger partial charge in [0.15, 0.2) is 0 Å². The molecule has 0 spiro atoms. The van der Waals surface area contributed by atoms with Crippen LogP contribution in [0.2, 0.25) is 0 Å². The number of nitrogens with one attached hydrogen (secondary N) is 1. The summed E-state index contributed by atoms with van der Waals surface area (Å²) in [6.45, 7) is 1.29. The lowest BCUT2D eigenvalue weighted by Crippen LogP contribution is -2.40. The van der Waals surface area contributed by atoms with Gasteiger partial charge in [0.2, 0.25) is 15.9 Å². The molecular formula is C14H20N2O3S. The second-order valence-electron chi connectivity index (χ2n) is 4.93. The minimum absolute atomic E-state index is 0.147. The van der Waals surface area contributed by atoms with Gasteiger partial charge in [0.1, 0.15) is 0 Å². The summed E-state index contributed by atoms with van der Waals surface area (Å²) < 4.78 is 26.4. The van der Waals surface area contributed by atoms with Crippen LogP contribution in [0.25, 0.3) is 0 Å². The van der Waals surface area contributed by atoms with Gasteiger partial charge in [0.25, 0.3) is 0 Å². The largest absolute Gasteiger partial charge is 0.342 e. The van der Waals surface area contributed by atoms with E-state index in [4.69, 9.17) is 0 Å². The summed E-state index contributed by atoms with van der Waals surface area (Å²) in [5, 5.41) is 0. The van der Waals surface area contributed by atoms with E-state index in [1.165, 1.54) is 12.1 Å². The van der Waals surface area contributed by atoms with Crippen LogP contribution in [0.15, 0.2) is 35.2 Å². The zero-order chi connectivity index (χ0) is 14.4. The molecule has 1 aromatic carbocycles. The molecule has 1 heterocycles. The number of likely N-dealkylation sites (tertiary alicyclic amines) is 1. The number of hydrogen-bond acceptors (Lipinski definition) is 3. The highest BCUT2D eigenvalue weighted by atomic mass is 32.2. The summed E-state index contributed by atoms with van der Waals surface area (Å²) in [5.41, 5.74) is 0. The van der Waals surface area contributed by atoms with Crippen LogP contribution in [0, 0.1) is 0 Å². The van der Waals surface area contributed by atoms with Crippen molar-refractivity contribution in [3.63, 3.8) is 0 Å². The first-order valence-corrected chi connectivity index (χ1v) is 8.40. The van der Waals surface area contributed by atoms with Crippen LogP contribution < -0.4 is 4.72 Å². The van der Waals surface area contributed by atoms with Gasteiger partial charge in [-0.15, -0.1) is 0 Å². The third-order valence-corrected chi connectivity index (χ3v) is 4.84. The maximum atomic E-state index is 12.0. The standard InChI is InChI=1S/C14H20N2O3S/c17-14(16-10-6-1-2-7-11-16)12-15-20(18,19)13-8-4-3-5-9-13/h3-5,8-9,15H,1-2,6-7,10-12H2. The van der Waals surface area contributed by atoms with Crippen molar-refractivity contribution < 1.29 is 13.2 Å². The van der Waals surface area contributed by atoms with E-state index < -0.39 is 10.0 Å². The van der Waals surface area contributed by atoms with Crippen molar-refractivity contribution in [3.05, 3.63) is 30.3 Å². The average Bonchev–Trinajstić information content (AvgIpc) is 2.75. The van der Waals surface area contributed by atoms with E-state index >= 15 is 0 Å². The number of nitrogens with zero attached hydrogens (tertiary/aromatic N) is 1. The first kappa shape index (κ1) is 15.0. The van der Waals surface area contributed by atoms with Gasteiger partial charge >= 0.3 is 0 Å². The molecular weight excluding hydrogens is 276 g/mol. The molecule has 6 heteroatoms. The fourth-order valence-electron chi connectivity index (χ4n) is 2.27. The van der Waals surface area contributed by atoms with E-state index in [2.05, 4.69) is 4.72 Å². The number of hydrogen-bond donors (Lipinski definition) is 1. The molecule has 0 saturated carbocycles. The lowest BCUT2D eigenvalue weighted by molar-refractivity contribution is -0.129. The molecule has 1 aliphatic rings. The van der Waals surface area contributed by atoms with Crippen LogP contribution in [0.3, 0.4) is 0 Å². The zero-order valence-electron chi connectivity index (χ0n) is 11.4. The van der Waals surface area contributed by atoms with Crippen molar-refractivity contribution in [2.45, 2.75) is 30.6 Å². The van der Waals surface area contributed by atoms with Crippen LogP contribution in [0.1, 0.15) is 25.7 Å². The van der Waals surface area contributed by atoms with Crippen molar-refractivity contribution in [2.24, 2.45) is 0 Å². The summed E-state index contributed by atoms with van der Waals surface area (Å²) >= 11 is 0. The fraction of sp³-hybridized carbons (Fsp3) is 0.500.